The lowest BCUT2D eigenvalue weighted by molar-refractivity contribution is -0.0123. The van der Waals surface area contributed by atoms with Gasteiger partial charge in [-0.05, 0) is 42.5 Å². The summed E-state index contributed by atoms with van der Waals surface area (Å²) in [7, 11) is 0. The molecule has 0 unspecified atom stereocenters. The van der Waals surface area contributed by atoms with Crippen LogP contribution in [-0.2, 0) is 6.54 Å². The van der Waals surface area contributed by atoms with E-state index in [1.165, 1.54) is 0 Å². The van der Waals surface area contributed by atoms with Crippen molar-refractivity contribution in [2.45, 2.75) is 31.4 Å². The molecule has 0 bridgehead atoms. The van der Waals surface area contributed by atoms with Crippen LogP contribution in [0.15, 0.2) is 51.4 Å². The molecule has 1 aromatic heterocycles. The molecule has 1 spiro atoms. The van der Waals surface area contributed by atoms with Crippen molar-refractivity contribution in [3.63, 3.8) is 0 Å². The molecule has 2 aliphatic heterocycles. The number of fused-ring (bicyclic) bond motifs is 1. The first-order chi connectivity index (χ1) is 14.5. The van der Waals surface area contributed by atoms with E-state index in [-0.39, 0.29) is 5.78 Å². The van der Waals surface area contributed by atoms with E-state index >= 15 is 0 Å². The van der Waals surface area contributed by atoms with Gasteiger partial charge in [0.2, 0.25) is 11.8 Å². The molecule has 2 aliphatic rings. The summed E-state index contributed by atoms with van der Waals surface area (Å²) in [5, 5.41) is 9.00. The summed E-state index contributed by atoms with van der Waals surface area (Å²) in [5.74, 6) is 1.89. The van der Waals surface area contributed by atoms with Crippen molar-refractivity contribution in [2.24, 2.45) is 0 Å². The molecule has 0 saturated carbocycles. The molecular formula is C22H19BrClN3O3. The van der Waals surface area contributed by atoms with Gasteiger partial charge in [0, 0.05) is 41.0 Å². The largest absolute Gasteiger partial charge is 0.486 e. The number of nitrogens with zero attached hydrogens (tertiary/aromatic N) is 3. The average Bonchev–Trinajstić information content (AvgIpc) is 3.18. The summed E-state index contributed by atoms with van der Waals surface area (Å²) >= 11 is 9.39. The highest BCUT2D eigenvalue weighted by Crippen LogP contribution is 2.40. The van der Waals surface area contributed by atoms with Gasteiger partial charge in [-0.2, -0.15) is 0 Å². The average molecular weight is 489 g/mol. The van der Waals surface area contributed by atoms with Crippen LogP contribution in [0.4, 0.5) is 0 Å². The van der Waals surface area contributed by atoms with Crippen molar-refractivity contribution in [3.8, 4) is 17.2 Å². The van der Waals surface area contributed by atoms with E-state index in [0.29, 0.717) is 41.1 Å². The van der Waals surface area contributed by atoms with E-state index in [1.54, 1.807) is 12.1 Å². The molecule has 0 N–H and O–H groups in total. The summed E-state index contributed by atoms with van der Waals surface area (Å²) in [6.07, 6.45) is 1.99. The summed E-state index contributed by atoms with van der Waals surface area (Å²) in [4.78, 5) is 14.9. The molecule has 3 aromatic rings. The van der Waals surface area contributed by atoms with Crippen LogP contribution in [0.3, 0.4) is 0 Å². The monoisotopic (exact) mass is 487 g/mol. The number of Topliss-reactive ketones (excluding diaryl/α,β-unsaturated/α-hetero) is 1. The zero-order chi connectivity index (χ0) is 20.7. The van der Waals surface area contributed by atoms with Gasteiger partial charge < -0.3 is 9.15 Å². The number of halogens is 2. The van der Waals surface area contributed by atoms with Gasteiger partial charge in [-0.1, -0.05) is 27.5 Å². The lowest BCUT2D eigenvalue weighted by atomic mass is 9.82. The molecule has 1 fully saturated rings. The van der Waals surface area contributed by atoms with E-state index in [0.717, 1.165) is 36.0 Å². The molecule has 8 heteroatoms. The maximum atomic E-state index is 12.7. The number of benzene rings is 2. The van der Waals surface area contributed by atoms with Crippen molar-refractivity contribution in [2.75, 3.05) is 13.1 Å². The smallest absolute Gasteiger partial charge is 0.247 e. The fraction of sp³-hybridized carbons (Fsp3) is 0.318. The number of aromatic nitrogens is 2. The molecule has 0 atom stereocenters. The Bertz CT molecular complexity index is 1090. The highest BCUT2D eigenvalue weighted by Gasteiger charge is 2.43. The standard InChI is InChI=1S/C22H19BrClN3O3/c23-15-3-6-17-18(28)12-22(30-19(17)11-15)7-9-27(10-8-22)13-20-25-26-21(29-20)14-1-4-16(24)5-2-14/h1-6,11H,7-10,12-13H2. The fourth-order valence-electron chi connectivity index (χ4n) is 4.08. The maximum absolute atomic E-state index is 12.7. The van der Waals surface area contributed by atoms with Crippen molar-refractivity contribution in [1.82, 2.24) is 15.1 Å². The summed E-state index contributed by atoms with van der Waals surface area (Å²) in [5.41, 5.74) is 1.09. The van der Waals surface area contributed by atoms with E-state index in [2.05, 4.69) is 31.0 Å². The number of rotatable bonds is 3. The van der Waals surface area contributed by atoms with Gasteiger partial charge in [-0.15, -0.1) is 10.2 Å². The van der Waals surface area contributed by atoms with Crippen LogP contribution in [0, 0.1) is 0 Å². The Kier molecular flexibility index (Phi) is 5.13. The Morgan fingerprint density at radius 3 is 2.63 bits per heavy atom. The molecule has 154 valence electrons. The SMILES string of the molecule is O=C1CC2(CCN(Cc3nnc(-c4ccc(Cl)cc4)o3)CC2)Oc2cc(Br)ccc21. The lowest BCUT2D eigenvalue weighted by Crippen LogP contribution is -2.50. The van der Waals surface area contributed by atoms with Gasteiger partial charge in [-0.25, -0.2) is 0 Å². The second kappa shape index (κ2) is 7.80. The Labute approximate surface area is 187 Å². The fourth-order valence-corrected chi connectivity index (χ4v) is 4.55. The van der Waals surface area contributed by atoms with Crippen LogP contribution in [-0.4, -0.2) is 39.6 Å². The predicted molar refractivity (Wildman–Crippen MR) is 116 cm³/mol. The van der Waals surface area contributed by atoms with Crippen LogP contribution in [0.1, 0.15) is 35.5 Å². The highest BCUT2D eigenvalue weighted by molar-refractivity contribution is 9.10. The van der Waals surface area contributed by atoms with E-state index < -0.39 is 5.60 Å². The number of carbonyl (C=O) groups excluding carboxylic acids is 1. The molecule has 6 nitrogen and oxygen atoms in total. The third-order valence-corrected chi connectivity index (χ3v) is 6.48. The first kappa shape index (κ1) is 19.7. The summed E-state index contributed by atoms with van der Waals surface area (Å²) < 4.78 is 13.1. The van der Waals surface area contributed by atoms with Crippen molar-refractivity contribution in [1.29, 1.82) is 0 Å². The van der Waals surface area contributed by atoms with Gasteiger partial charge in [0.1, 0.15) is 11.4 Å². The molecule has 2 aromatic carbocycles. The third kappa shape index (κ3) is 3.89. The van der Waals surface area contributed by atoms with Gasteiger partial charge >= 0.3 is 0 Å². The number of hydrogen-bond donors (Lipinski definition) is 0. The predicted octanol–water partition coefficient (Wildman–Crippen LogP) is 5.15. The first-order valence-electron chi connectivity index (χ1n) is 9.82. The quantitative estimate of drug-likeness (QED) is 0.508. The molecule has 0 amide bonds. The van der Waals surface area contributed by atoms with Gasteiger partial charge in [0.15, 0.2) is 5.78 Å². The maximum Gasteiger partial charge on any atom is 0.247 e. The Morgan fingerprint density at radius 1 is 1.10 bits per heavy atom. The van der Waals surface area contributed by atoms with E-state index in [9.17, 15) is 4.79 Å². The molecule has 30 heavy (non-hydrogen) atoms. The van der Waals surface area contributed by atoms with Crippen LogP contribution >= 0.6 is 27.5 Å². The molecular weight excluding hydrogens is 470 g/mol. The Balaban J connectivity index is 1.24. The van der Waals surface area contributed by atoms with Crippen LogP contribution in [0.25, 0.3) is 11.5 Å². The van der Waals surface area contributed by atoms with Crippen molar-refractivity contribution < 1.29 is 13.9 Å². The molecule has 1 saturated heterocycles. The Hall–Kier alpha value is -2.22. The molecule has 5 rings (SSSR count). The molecule has 0 radical (unpaired) electrons. The van der Waals surface area contributed by atoms with E-state index in [4.69, 9.17) is 20.8 Å². The number of likely N-dealkylation sites (tertiary alicyclic amines) is 1. The topological polar surface area (TPSA) is 68.5 Å². The second-order valence-corrected chi connectivity index (χ2v) is 9.16. The van der Waals surface area contributed by atoms with Crippen molar-refractivity contribution in [3.05, 3.63) is 63.4 Å². The van der Waals surface area contributed by atoms with Crippen LogP contribution in [0.5, 0.6) is 5.75 Å². The third-order valence-electron chi connectivity index (χ3n) is 5.74. The number of ketones is 1. The van der Waals surface area contributed by atoms with Crippen LogP contribution < -0.4 is 4.74 Å². The normalized spacial score (nSPS) is 18.3. The Morgan fingerprint density at radius 2 is 1.87 bits per heavy atom. The number of ether oxygens (including phenoxy) is 1. The lowest BCUT2D eigenvalue weighted by Gasteiger charge is -2.43. The number of carbonyl (C=O) groups is 1. The zero-order valence-electron chi connectivity index (χ0n) is 16.1. The molecule has 0 aliphatic carbocycles. The van der Waals surface area contributed by atoms with Crippen LogP contribution in [0.2, 0.25) is 5.02 Å². The minimum atomic E-state index is -0.426. The van der Waals surface area contributed by atoms with Gasteiger partial charge in [0.25, 0.3) is 0 Å². The first-order valence-corrected chi connectivity index (χ1v) is 11.0. The minimum Gasteiger partial charge on any atom is -0.486 e. The van der Waals surface area contributed by atoms with Gasteiger partial charge in [0.05, 0.1) is 18.5 Å². The zero-order valence-corrected chi connectivity index (χ0v) is 18.4. The minimum absolute atomic E-state index is 0.154. The summed E-state index contributed by atoms with van der Waals surface area (Å²) in [6.45, 7) is 2.18. The summed E-state index contributed by atoms with van der Waals surface area (Å²) in [6, 6.07) is 12.9. The van der Waals surface area contributed by atoms with Gasteiger partial charge in [-0.3, -0.25) is 9.69 Å². The number of hydrogen-bond acceptors (Lipinski definition) is 6. The van der Waals surface area contributed by atoms with Crippen molar-refractivity contribution >= 4 is 33.3 Å². The number of piperidine rings is 1. The second-order valence-electron chi connectivity index (χ2n) is 7.81. The van der Waals surface area contributed by atoms with E-state index in [1.807, 2.05) is 30.3 Å². The molecule has 3 heterocycles. The highest BCUT2D eigenvalue weighted by atomic mass is 79.9.